The summed E-state index contributed by atoms with van der Waals surface area (Å²) < 4.78 is 32.6. The fourth-order valence-corrected chi connectivity index (χ4v) is 2.92. The molecule has 1 aliphatic rings. The molecule has 0 saturated heterocycles. The van der Waals surface area contributed by atoms with Gasteiger partial charge in [-0.25, -0.2) is 4.39 Å². The second-order valence-electron chi connectivity index (χ2n) is 6.64. The Labute approximate surface area is 134 Å². The van der Waals surface area contributed by atoms with E-state index in [1.54, 1.807) is 6.92 Å². The Morgan fingerprint density at radius 3 is 2.27 bits per heavy atom. The summed E-state index contributed by atoms with van der Waals surface area (Å²) in [7, 11) is 0. The minimum atomic E-state index is -1.03. The summed E-state index contributed by atoms with van der Waals surface area (Å²) in [5.41, 5.74) is 0.196. The molecule has 3 heteroatoms. The molecule has 2 atom stereocenters. The zero-order chi connectivity index (χ0) is 16.7. The standard InChI is InChI=1S/C19H30F2O/c1-6-22-16(5)19(21)18(20)15(4)12-13(2)10-11-14(3)17-8-7-9-17/h13-14,17H,4-12H2,1-3H3/b19-18-. The van der Waals surface area contributed by atoms with Crippen molar-refractivity contribution >= 4 is 0 Å². The van der Waals surface area contributed by atoms with E-state index in [4.69, 9.17) is 4.74 Å². The minimum absolute atomic E-state index is 0.196. The van der Waals surface area contributed by atoms with E-state index < -0.39 is 11.7 Å². The van der Waals surface area contributed by atoms with E-state index in [-0.39, 0.29) is 17.9 Å². The summed E-state index contributed by atoms with van der Waals surface area (Å²) in [6.45, 7) is 13.4. The van der Waals surface area contributed by atoms with Gasteiger partial charge in [-0.3, -0.25) is 0 Å². The highest BCUT2D eigenvalue weighted by Gasteiger charge is 2.24. The Balaban J connectivity index is 2.41. The zero-order valence-electron chi connectivity index (χ0n) is 14.3. The predicted octanol–water partition coefficient (Wildman–Crippen LogP) is 6.49. The monoisotopic (exact) mass is 312 g/mol. The first-order valence-electron chi connectivity index (χ1n) is 8.42. The molecular weight excluding hydrogens is 282 g/mol. The van der Waals surface area contributed by atoms with Crippen molar-refractivity contribution in [2.75, 3.05) is 6.61 Å². The number of hydrogen-bond donors (Lipinski definition) is 0. The van der Waals surface area contributed by atoms with Gasteiger partial charge in [0.25, 0.3) is 0 Å². The molecule has 0 bridgehead atoms. The summed E-state index contributed by atoms with van der Waals surface area (Å²) in [4.78, 5) is 0. The Kier molecular flexibility index (Phi) is 7.84. The van der Waals surface area contributed by atoms with Crippen molar-refractivity contribution < 1.29 is 13.5 Å². The Morgan fingerprint density at radius 2 is 1.77 bits per heavy atom. The summed E-state index contributed by atoms with van der Waals surface area (Å²) in [6.07, 6.45) is 6.71. The number of halogens is 2. The summed E-state index contributed by atoms with van der Waals surface area (Å²) in [6, 6.07) is 0. The third-order valence-electron chi connectivity index (χ3n) is 4.73. The van der Waals surface area contributed by atoms with Crippen LogP contribution >= 0.6 is 0 Å². The van der Waals surface area contributed by atoms with Gasteiger partial charge in [-0.15, -0.1) is 0 Å². The van der Waals surface area contributed by atoms with Crippen LogP contribution in [0, 0.1) is 17.8 Å². The highest BCUT2D eigenvalue weighted by atomic mass is 19.2. The van der Waals surface area contributed by atoms with Crippen LogP contribution in [0.2, 0.25) is 0 Å². The topological polar surface area (TPSA) is 9.23 Å². The van der Waals surface area contributed by atoms with Crippen LogP contribution < -0.4 is 0 Å². The number of ether oxygens (including phenoxy) is 1. The first-order chi connectivity index (χ1) is 10.4. The number of rotatable bonds is 10. The van der Waals surface area contributed by atoms with Crippen molar-refractivity contribution in [3.8, 4) is 0 Å². The second kappa shape index (κ2) is 9.12. The molecule has 2 unspecified atom stereocenters. The minimum Gasteiger partial charge on any atom is -0.491 e. The molecule has 0 amide bonds. The molecule has 1 aliphatic carbocycles. The molecule has 0 heterocycles. The molecule has 1 saturated carbocycles. The largest absolute Gasteiger partial charge is 0.491 e. The first kappa shape index (κ1) is 18.9. The van der Waals surface area contributed by atoms with Crippen molar-refractivity contribution in [3.05, 3.63) is 36.1 Å². The molecule has 0 aromatic rings. The van der Waals surface area contributed by atoms with Crippen molar-refractivity contribution in [3.63, 3.8) is 0 Å². The van der Waals surface area contributed by atoms with Gasteiger partial charge in [0.2, 0.25) is 0 Å². The molecule has 0 aromatic heterocycles. The quantitative estimate of drug-likeness (QED) is 0.331. The van der Waals surface area contributed by atoms with E-state index in [1.165, 1.54) is 19.3 Å². The summed E-state index contributed by atoms with van der Waals surface area (Å²) >= 11 is 0. The molecule has 1 fully saturated rings. The normalized spacial score (nSPS) is 19.0. The fraction of sp³-hybridized carbons (Fsp3) is 0.684. The van der Waals surface area contributed by atoms with Crippen molar-refractivity contribution in [1.29, 1.82) is 0 Å². The van der Waals surface area contributed by atoms with Crippen LogP contribution in [0.3, 0.4) is 0 Å². The molecule has 1 nitrogen and oxygen atoms in total. The molecule has 0 N–H and O–H groups in total. The number of allylic oxidation sites excluding steroid dienone is 3. The lowest BCUT2D eigenvalue weighted by atomic mass is 9.74. The van der Waals surface area contributed by atoms with Crippen molar-refractivity contribution in [2.24, 2.45) is 17.8 Å². The average Bonchev–Trinajstić information content (AvgIpc) is 2.41. The van der Waals surface area contributed by atoms with E-state index in [0.717, 1.165) is 24.7 Å². The van der Waals surface area contributed by atoms with Gasteiger partial charge in [0.1, 0.15) is 0 Å². The van der Waals surface area contributed by atoms with Gasteiger partial charge >= 0.3 is 0 Å². The highest BCUT2D eigenvalue weighted by Crippen LogP contribution is 2.36. The molecule has 0 aromatic carbocycles. The SMILES string of the molecule is C=C(CC(C)CCC(C)C1CCC1)/C(F)=C(/F)C(=C)OCC. The Morgan fingerprint density at radius 1 is 1.14 bits per heavy atom. The van der Waals surface area contributed by atoms with Crippen molar-refractivity contribution in [2.45, 2.75) is 59.3 Å². The van der Waals surface area contributed by atoms with E-state index in [9.17, 15) is 8.78 Å². The highest BCUT2D eigenvalue weighted by molar-refractivity contribution is 5.32. The van der Waals surface area contributed by atoms with Crippen LogP contribution in [0.5, 0.6) is 0 Å². The Hall–Kier alpha value is -1.12. The first-order valence-corrected chi connectivity index (χ1v) is 8.42. The molecule has 22 heavy (non-hydrogen) atoms. The maximum Gasteiger partial charge on any atom is 0.200 e. The van der Waals surface area contributed by atoms with Crippen LogP contribution in [0.1, 0.15) is 59.3 Å². The van der Waals surface area contributed by atoms with Crippen LogP contribution in [0.4, 0.5) is 8.78 Å². The Bertz CT molecular complexity index is 421. The van der Waals surface area contributed by atoms with E-state index in [1.807, 2.05) is 0 Å². The third-order valence-corrected chi connectivity index (χ3v) is 4.73. The van der Waals surface area contributed by atoms with Gasteiger partial charge in [0, 0.05) is 0 Å². The van der Waals surface area contributed by atoms with Gasteiger partial charge in [0.15, 0.2) is 17.4 Å². The molecular formula is C19H30F2O. The van der Waals surface area contributed by atoms with E-state index in [2.05, 4.69) is 27.0 Å². The molecule has 0 aliphatic heterocycles. The van der Waals surface area contributed by atoms with Gasteiger partial charge in [-0.1, -0.05) is 59.1 Å². The van der Waals surface area contributed by atoms with Crippen LogP contribution in [0.15, 0.2) is 36.1 Å². The fourth-order valence-electron chi connectivity index (χ4n) is 2.92. The maximum atomic E-state index is 14.0. The lowest BCUT2D eigenvalue weighted by Gasteiger charge is -2.32. The van der Waals surface area contributed by atoms with Crippen LogP contribution in [-0.4, -0.2) is 6.61 Å². The average molecular weight is 312 g/mol. The molecule has 0 spiro atoms. The van der Waals surface area contributed by atoms with Crippen LogP contribution in [0.25, 0.3) is 0 Å². The van der Waals surface area contributed by atoms with Gasteiger partial charge in [-0.2, -0.15) is 4.39 Å². The van der Waals surface area contributed by atoms with Crippen molar-refractivity contribution in [1.82, 2.24) is 0 Å². The summed E-state index contributed by atoms with van der Waals surface area (Å²) in [5, 5.41) is 0. The smallest absolute Gasteiger partial charge is 0.200 e. The predicted molar refractivity (Wildman–Crippen MR) is 88.7 cm³/mol. The van der Waals surface area contributed by atoms with E-state index in [0.29, 0.717) is 12.3 Å². The molecule has 1 rings (SSSR count). The lowest BCUT2D eigenvalue weighted by molar-refractivity contribution is 0.201. The van der Waals surface area contributed by atoms with Gasteiger partial charge in [-0.05, 0) is 36.7 Å². The zero-order valence-corrected chi connectivity index (χ0v) is 14.3. The third kappa shape index (κ3) is 5.58. The van der Waals surface area contributed by atoms with Gasteiger partial charge in [0.05, 0.1) is 6.61 Å². The lowest BCUT2D eigenvalue weighted by Crippen LogP contribution is -2.20. The molecule has 126 valence electrons. The van der Waals surface area contributed by atoms with Gasteiger partial charge < -0.3 is 4.74 Å². The molecule has 0 radical (unpaired) electrons. The second-order valence-corrected chi connectivity index (χ2v) is 6.64. The van der Waals surface area contributed by atoms with Crippen LogP contribution in [-0.2, 0) is 4.74 Å². The maximum absolute atomic E-state index is 14.0. The van der Waals surface area contributed by atoms with E-state index >= 15 is 0 Å². The number of hydrogen-bond acceptors (Lipinski definition) is 1. The summed E-state index contributed by atoms with van der Waals surface area (Å²) in [5.74, 6) is -0.293.